The molecule has 1 atom stereocenters. The first-order valence-corrected chi connectivity index (χ1v) is 8.11. The fraction of sp³-hybridized carbons (Fsp3) is 0.211. The van der Waals surface area contributed by atoms with Gasteiger partial charge in [-0.25, -0.2) is 0 Å². The van der Waals surface area contributed by atoms with Gasteiger partial charge >= 0.3 is 0 Å². The summed E-state index contributed by atoms with van der Waals surface area (Å²) < 4.78 is 0. The van der Waals surface area contributed by atoms with Crippen molar-refractivity contribution in [2.75, 3.05) is 10.6 Å². The van der Waals surface area contributed by atoms with Crippen molar-refractivity contribution in [3.05, 3.63) is 59.7 Å². The lowest BCUT2D eigenvalue weighted by Gasteiger charge is -2.14. The van der Waals surface area contributed by atoms with Crippen LogP contribution in [0.3, 0.4) is 0 Å². The van der Waals surface area contributed by atoms with Gasteiger partial charge in [0.1, 0.15) is 6.04 Å². The second-order valence-corrected chi connectivity index (χ2v) is 5.96. The van der Waals surface area contributed by atoms with Crippen LogP contribution in [0.15, 0.2) is 48.5 Å². The predicted molar refractivity (Wildman–Crippen MR) is 95.4 cm³/mol. The minimum absolute atomic E-state index is 0.128. The molecule has 0 bridgehead atoms. The molecule has 6 heteroatoms. The van der Waals surface area contributed by atoms with Crippen molar-refractivity contribution in [2.45, 2.75) is 25.8 Å². The number of carbonyl (C=O) groups excluding carboxylic acids is 3. The summed E-state index contributed by atoms with van der Waals surface area (Å²) >= 11 is 0. The van der Waals surface area contributed by atoms with E-state index in [0.717, 1.165) is 11.3 Å². The molecular formula is C19H19N3O3. The van der Waals surface area contributed by atoms with Crippen LogP contribution in [0.1, 0.15) is 28.8 Å². The molecule has 6 nitrogen and oxygen atoms in total. The minimum atomic E-state index is -0.748. The van der Waals surface area contributed by atoms with Crippen LogP contribution in [0, 0.1) is 6.92 Å². The Kier molecular flexibility index (Phi) is 4.79. The topological polar surface area (TPSA) is 87.3 Å². The van der Waals surface area contributed by atoms with Gasteiger partial charge in [-0.2, -0.15) is 0 Å². The molecule has 3 amide bonds. The van der Waals surface area contributed by atoms with E-state index in [0.29, 0.717) is 11.3 Å². The van der Waals surface area contributed by atoms with E-state index in [1.165, 1.54) is 0 Å². The number of carbonyl (C=O) groups is 3. The number of benzene rings is 2. The Balaban J connectivity index is 1.62. The van der Waals surface area contributed by atoms with E-state index in [9.17, 15) is 14.4 Å². The van der Waals surface area contributed by atoms with Crippen molar-refractivity contribution in [1.29, 1.82) is 0 Å². The van der Waals surface area contributed by atoms with Crippen molar-refractivity contribution in [3.63, 3.8) is 0 Å². The summed E-state index contributed by atoms with van der Waals surface area (Å²) in [6.45, 7) is 1.91. The first-order valence-electron chi connectivity index (χ1n) is 8.11. The third kappa shape index (κ3) is 3.85. The van der Waals surface area contributed by atoms with E-state index in [1.54, 1.807) is 24.3 Å². The second-order valence-electron chi connectivity index (χ2n) is 5.96. The average molecular weight is 337 g/mol. The molecule has 0 unspecified atom stereocenters. The van der Waals surface area contributed by atoms with Gasteiger partial charge in [0.15, 0.2) is 0 Å². The molecule has 1 heterocycles. The highest BCUT2D eigenvalue weighted by atomic mass is 16.2. The number of aryl methyl sites for hydroxylation is 1. The predicted octanol–water partition coefficient (Wildman–Crippen LogP) is 2.46. The van der Waals surface area contributed by atoms with Crippen LogP contribution in [0.5, 0.6) is 0 Å². The zero-order chi connectivity index (χ0) is 17.8. The first-order chi connectivity index (χ1) is 12.0. The highest BCUT2D eigenvalue weighted by molar-refractivity contribution is 6.10. The van der Waals surface area contributed by atoms with Crippen molar-refractivity contribution in [3.8, 4) is 0 Å². The summed E-state index contributed by atoms with van der Waals surface area (Å²) in [4.78, 5) is 36.7. The zero-order valence-electron chi connectivity index (χ0n) is 13.8. The number of amides is 3. The maximum absolute atomic E-state index is 12.3. The molecule has 0 aromatic heterocycles. The number of hydrogen-bond donors (Lipinski definition) is 3. The molecule has 3 rings (SSSR count). The van der Waals surface area contributed by atoms with Crippen LogP contribution in [0.25, 0.3) is 0 Å². The van der Waals surface area contributed by atoms with E-state index in [1.807, 2.05) is 31.2 Å². The highest BCUT2D eigenvalue weighted by Gasteiger charge is 2.27. The molecule has 128 valence electrons. The first kappa shape index (κ1) is 16.7. The van der Waals surface area contributed by atoms with Crippen LogP contribution >= 0.6 is 0 Å². The molecule has 0 spiro atoms. The van der Waals surface area contributed by atoms with Gasteiger partial charge in [0.2, 0.25) is 11.8 Å². The van der Waals surface area contributed by atoms with Crippen LogP contribution in [-0.4, -0.2) is 23.8 Å². The number of hydrogen-bond acceptors (Lipinski definition) is 3. The molecule has 0 saturated heterocycles. The molecule has 1 aliphatic rings. The third-order valence-corrected chi connectivity index (χ3v) is 4.13. The van der Waals surface area contributed by atoms with E-state index in [2.05, 4.69) is 16.0 Å². The number of para-hydroxylation sites is 2. The number of anilines is 2. The fourth-order valence-electron chi connectivity index (χ4n) is 2.72. The van der Waals surface area contributed by atoms with Gasteiger partial charge in [0, 0.05) is 12.1 Å². The maximum Gasteiger partial charge on any atom is 0.254 e. The Morgan fingerprint density at radius 2 is 1.80 bits per heavy atom. The van der Waals surface area contributed by atoms with Gasteiger partial charge in [0.05, 0.1) is 11.3 Å². The fourth-order valence-corrected chi connectivity index (χ4v) is 2.72. The lowest BCUT2D eigenvalue weighted by Crippen LogP contribution is -2.41. The third-order valence-electron chi connectivity index (χ3n) is 4.13. The summed E-state index contributed by atoms with van der Waals surface area (Å²) in [7, 11) is 0. The largest absolute Gasteiger partial charge is 0.340 e. The van der Waals surface area contributed by atoms with Gasteiger partial charge in [-0.1, -0.05) is 30.3 Å². The average Bonchev–Trinajstić information content (AvgIpc) is 2.72. The highest BCUT2D eigenvalue weighted by Crippen LogP contribution is 2.19. The van der Waals surface area contributed by atoms with E-state index < -0.39 is 6.04 Å². The van der Waals surface area contributed by atoms with Crippen LogP contribution in [0.2, 0.25) is 0 Å². The summed E-state index contributed by atoms with van der Waals surface area (Å²) in [5, 5.41) is 8.24. The van der Waals surface area contributed by atoms with E-state index >= 15 is 0 Å². The molecule has 2 aromatic carbocycles. The van der Waals surface area contributed by atoms with Crippen LogP contribution < -0.4 is 16.0 Å². The molecule has 0 saturated carbocycles. The molecular weight excluding hydrogens is 318 g/mol. The Bertz CT molecular complexity index is 832. The van der Waals surface area contributed by atoms with Crippen molar-refractivity contribution in [2.24, 2.45) is 0 Å². The molecule has 1 aliphatic heterocycles. The van der Waals surface area contributed by atoms with Gasteiger partial charge < -0.3 is 16.0 Å². The van der Waals surface area contributed by atoms with E-state index in [-0.39, 0.29) is 30.6 Å². The lowest BCUT2D eigenvalue weighted by atomic mass is 10.1. The summed E-state index contributed by atoms with van der Waals surface area (Å²) in [6, 6.07) is 13.5. The summed E-state index contributed by atoms with van der Waals surface area (Å²) in [5.74, 6) is -0.835. The van der Waals surface area contributed by atoms with Crippen LogP contribution in [-0.2, 0) is 9.59 Å². The second kappa shape index (κ2) is 7.17. The molecule has 25 heavy (non-hydrogen) atoms. The number of rotatable bonds is 4. The number of nitrogens with one attached hydrogen (secondary N) is 3. The Morgan fingerprint density at radius 1 is 1.08 bits per heavy atom. The smallest absolute Gasteiger partial charge is 0.254 e. The normalized spacial score (nSPS) is 16.3. The Labute approximate surface area is 145 Å². The summed E-state index contributed by atoms with van der Waals surface area (Å²) in [5.41, 5.74) is 2.61. The zero-order valence-corrected chi connectivity index (χ0v) is 13.8. The van der Waals surface area contributed by atoms with Crippen LogP contribution in [0.4, 0.5) is 11.4 Å². The SMILES string of the molecule is Cc1ccccc1NC(=O)CC[C@H]1NC(=O)c2ccccc2NC1=O. The standard InChI is InChI=1S/C19H19N3O3/c1-12-6-2-4-8-14(12)20-17(23)11-10-16-19(25)21-15-9-5-3-7-13(15)18(24)22-16/h2-9,16H,10-11H2,1H3,(H,20,23)(H,21,25)(H,22,24)/t16-/m1/s1. The minimum Gasteiger partial charge on any atom is -0.340 e. The van der Waals surface area contributed by atoms with Gasteiger partial charge in [-0.3, -0.25) is 14.4 Å². The van der Waals surface area contributed by atoms with Gasteiger partial charge in [-0.05, 0) is 37.1 Å². The molecule has 0 radical (unpaired) electrons. The number of fused-ring (bicyclic) bond motifs is 1. The van der Waals surface area contributed by atoms with E-state index in [4.69, 9.17) is 0 Å². The van der Waals surface area contributed by atoms with Gasteiger partial charge in [-0.15, -0.1) is 0 Å². The monoisotopic (exact) mass is 337 g/mol. The van der Waals surface area contributed by atoms with Crippen molar-refractivity contribution >= 4 is 29.1 Å². The molecule has 2 aromatic rings. The summed E-state index contributed by atoms with van der Waals surface area (Å²) in [6.07, 6.45) is 0.353. The Morgan fingerprint density at radius 3 is 2.60 bits per heavy atom. The van der Waals surface area contributed by atoms with Crippen molar-refractivity contribution < 1.29 is 14.4 Å². The molecule has 0 aliphatic carbocycles. The quantitative estimate of drug-likeness (QED) is 0.801. The lowest BCUT2D eigenvalue weighted by molar-refractivity contribution is -0.118. The Hall–Kier alpha value is -3.15. The maximum atomic E-state index is 12.3. The molecule has 3 N–H and O–H groups in total. The van der Waals surface area contributed by atoms with Gasteiger partial charge in [0.25, 0.3) is 5.91 Å². The molecule has 0 fully saturated rings. The van der Waals surface area contributed by atoms with Crippen molar-refractivity contribution in [1.82, 2.24) is 5.32 Å².